The molecule has 0 aromatic rings. The fraction of sp³-hybridized carbons (Fsp3) is 0.577. The summed E-state index contributed by atoms with van der Waals surface area (Å²) >= 11 is 0. The van der Waals surface area contributed by atoms with E-state index in [0.717, 1.165) is 148 Å². The molecular weight excluding hydrogens is 933 g/mol. The van der Waals surface area contributed by atoms with Gasteiger partial charge in [-0.3, -0.25) is 9.59 Å². The van der Waals surface area contributed by atoms with E-state index in [9.17, 15) is 14.7 Å². The topological polar surface area (TPSA) is 72.8 Å². The summed E-state index contributed by atoms with van der Waals surface area (Å²) in [6.07, 6.45) is 100. The van der Waals surface area contributed by atoms with Crippen LogP contribution in [0.5, 0.6) is 0 Å². The average Bonchev–Trinajstić information content (AvgIpc) is 3.42. The zero-order valence-electron chi connectivity index (χ0n) is 48.7. The lowest BCUT2D eigenvalue weighted by Gasteiger charge is -2.15. The van der Waals surface area contributed by atoms with Gasteiger partial charge in [-0.15, -0.1) is 0 Å². The van der Waals surface area contributed by atoms with Crippen molar-refractivity contribution in [3.63, 3.8) is 0 Å². The second kappa shape index (κ2) is 64.5. The summed E-state index contributed by atoms with van der Waals surface area (Å²) in [5.74, 6) is -0.623. The third-order valence-electron chi connectivity index (χ3n) is 12.5. The van der Waals surface area contributed by atoms with Gasteiger partial charge < -0.3 is 14.6 Å². The van der Waals surface area contributed by atoms with Crippen LogP contribution >= 0.6 is 0 Å². The molecule has 1 unspecified atom stereocenters. The number of rotatable bonds is 54. The fourth-order valence-corrected chi connectivity index (χ4v) is 7.99. The molecule has 0 spiro atoms. The first-order chi connectivity index (χ1) is 37.6. The Hall–Kier alpha value is -4.74. The van der Waals surface area contributed by atoms with Gasteiger partial charge in [-0.1, -0.05) is 274 Å². The molecule has 0 aliphatic carbocycles. The van der Waals surface area contributed by atoms with E-state index in [4.69, 9.17) is 9.47 Å². The van der Waals surface area contributed by atoms with Gasteiger partial charge in [-0.2, -0.15) is 0 Å². The average molecular weight is 1050 g/mol. The molecule has 0 saturated carbocycles. The number of allylic oxidation sites excluding steroid dienone is 28. The van der Waals surface area contributed by atoms with Gasteiger partial charge in [-0.25, -0.2) is 0 Å². The summed E-state index contributed by atoms with van der Waals surface area (Å²) < 4.78 is 10.7. The highest BCUT2D eigenvalue weighted by atomic mass is 16.6. The highest BCUT2D eigenvalue weighted by Crippen LogP contribution is 2.15. The van der Waals surface area contributed by atoms with Crippen molar-refractivity contribution in [2.75, 3.05) is 13.2 Å². The number of hydrogen-bond donors (Lipinski definition) is 1. The van der Waals surface area contributed by atoms with Gasteiger partial charge in [0.25, 0.3) is 0 Å². The van der Waals surface area contributed by atoms with Gasteiger partial charge in [0.15, 0.2) is 6.10 Å². The maximum Gasteiger partial charge on any atom is 0.306 e. The number of aliphatic hydroxyl groups excluding tert-OH is 1. The minimum atomic E-state index is -0.797. The standard InChI is InChI=1S/C71H112O5/c1-3-5-7-9-11-13-15-17-19-21-23-25-27-29-31-33-34-35-36-38-40-42-44-46-48-50-52-54-56-58-60-62-64-66-71(74)76-69(67-72)68-75-70(73)65-63-61-59-57-55-53-51-49-47-45-43-41-39-37-32-30-28-26-24-22-20-18-16-14-12-10-8-6-4-2/h5-8,11-14,17-20,23-26,29-32,34-35,38,40,44,46,50,52,69,72H,3-4,9-10,15-16,21-22,27-28,33,36-37,39,41-43,45,47-49,51,53-68H2,1-2H3/b7-5-,8-6-,13-11-,14-12-,19-17-,20-18-,25-23-,26-24-,31-29-,32-30-,35-34-,40-38-,46-44-,52-50-. The number of esters is 2. The Kier molecular flexibility index (Phi) is 60.5. The Morgan fingerprint density at radius 1 is 0.303 bits per heavy atom. The second-order valence-electron chi connectivity index (χ2n) is 19.7. The number of unbranched alkanes of at least 4 members (excludes halogenated alkanes) is 18. The second-order valence-corrected chi connectivity index (χ2v) is 19.7. The van der Waals surface area contributed by atoms with Crippen molar-refractivity contribution in [2.45, 2.75) is 251 Å². The monoisotopic (exact) mass is 1040 g/mol. The molecule has 0 aliphatic rings. The van der Waals surface area contributed by atoms with Crippen LogP contribution in [0, 0.1) is 0 Å². The van der Waals surface area contributed by atoms with Crippen LogP contribution in [-0.4, -0.2) is 36.4 Å². The Morgan fingerprint density at radius 3 is 0.789 bits per heavy atom. The van der Waals surface area contributed by atoms with E-state index in [1.165, 1.54) is 70.6 Å². The van der Waals surface area contributed by atoms with Crippen LogP contribution in [0.1, 0.15) is 245 Å². The SMILES string of the molecule is CC/C=C\C/C=C\C/C=C\C/C=C\C/C=C\C/C=C\C/C=C\C/C=C\C/C=C\CCCCCCCC(=O)OC(CO)COC(=O)CCCCCCCCCCCCCCC/C=C\C/C=C\C/C=C\C/C=C\C/C=C\CC. The molecule has 0 heterocycles. The normalized spacial score (nSPS) is 13.5. The number of hydrogen-bond acceptors (Lipinski definition) is 5. The molecule has 0 rings (SSSR count). The summed E-state index contributed by atoms with van der Waals surface area (Å²) in [6, 6.07) is 0. The Labute approximate surface area is 468 Å². The third-order valence-corrected chi connectivity index (χ3v) is 12.5. The van der Waals surface area contributed by atoms with E-state index >= 15 is 0 Å². The first-order valence-corrected chi connectivity index (χ1v) is 30.7. The van der Waals surface area contributed by atoms with E-state index < -0.39 is 6.10 Å². The van der Waals surface area contributed by atoms with Crippen LogP contribution in [0.25, 0.3) is 0 Å². The van der Waals surface area contributed by atoms with Gasteiger partial charge in [0.1, 0.15) is 6.61 Å². The van der Waals surface area contributed by atoms with Gasteiger partial charge in [0.05, 0.1) is 6.61 Å². The predicted octanol–water partition coefficient (Wildman–Crippen LogP) is 21.3. The molecule has 0 aliphatic heterocycles. The molecule has 5 nitrogen and oxygen atoms in total. The summed E-state index contributed by atoms with van der Waals surface area (Å²) in [5.41, 5.74) is 0. The summed E-state index contributed by atoms with van der Waals surface area (Å²) in [6.45, 7) is 3.89. The van der Waals surface area contributed by atoms with E-state index in [1.54, 1.807) is 0 Å². The van der Waals surface area contributed by atoms with Crippen LogP contribution < -0.4 is 0 Å². The number of carbonyl (C=O) groups excluding carboxylic acids is 2. The van der Waals surface area contributed by atoms with Gasteiger partial charge in [0, 0.05) is 12.8 Å². The smallest absolute Gasteiger partial charge is 0.306 e. The maximum atomic E-state index is 12.3. The number of aliphatic hydroxyl groups is 1. The zero-order chi connectivity index (χ0) is 54.8. The van der Waals surface area contributed by atoms with Crippen LogP contribution in [0.2, 0.25) is 0 Å². The van der Waals surface area contributed by atoms with Crippen LogP contribution in [0.15, 0.2) is 170 Å². The number of ether oxygens (including phenoxy) is 2. The van der Waals surface area contributed by atoms with E-state index in [1.807, 2.05) is 0 Å². The summed E-state index contributed by atoms with van der Waals surface area (Å²) in [4.78, 5) is 24.6. The van der Waals surface area contributed by atoms with Crippen LogP contribution in [0.4, 0.5) is 0 Å². The molecule has 1 N–H and O–H groups in total. The lowest BCUT2D eigenvalue weighted by Crippen LogP contribution is -2.28. The van der Waals surface area contributed by atoms with Gasteiger partial charge >= 0.3 is 11.9 Å². The lowest BCUT2D eigenvalue weighted by atomic mass is 10.0. The quantitative estimate of drug-likeness (QED) is 0.0373. The van der Waals surface area contributed by atoms with Crippen molar-refractivity contribution in [1.82, 2.24) is 0 Å². The Morgan fingerprint density at radius 2 is 0.526 bits per heavy atom. The first kappa shape index (κ1) is 71.3. The van der Waals surface area contributed by atoms with Crippen LogP contribution in [-0.2, 0) is 19.1 Å². The molecular formula is C71H112O5. The molecule has 0 amide bonds. The Bertz CT molecular complexity index is 1700. The third kappa shape index (κ3) is 61.8. The van der Waals surface area contributed by atoms with E-state index in [2.05, 4.69) is 184 Å². The number of carbonyl (C=O) groups is 2. The maximum absolute atomic E-state index is 12.3. The molecule has 0 aromatic carbocycles. The minimum absolute atomic E-state index is 0.0851. The van der Waals surface area contributed by atoms with E-state index in [0.29, 0.717) is 12.8 Å². The first-order valence-electron chi connectivity index (χ1n) is 30.7. The minimum Gasteiger partial charge on any atom is -0.462 e. The van der Waals surface area contributed by atoms with Crippen molar-refractivity contribution in [1.29, 1.82) is 0 Å². The van der Waals surface area contributed by atoms with Crippen LogP contribution in [0.3, 0.4) is 0 Å². The zero-order valence-corrected chi connectivity index (χ0v) is 48.7. The van der Waals surface area contributed by atoms with Gasteiger partial charge in [-0.05, 0) is 128 Å². The molecule has 0 fully saturated rings. The summed E-state index contributed by atoms with van der Waals surface area (Å²) in [5, 5.41) is 9.68. The molecule has 1 atom stereocenters. The van der Waals surface area contributed by atoms with Crippen molar-refractivity contribution in [3.8, 4) is 0 Å². The molecule has 5 heteroatoms. The highest BCUT2D eigenvalue weighted by molar-refractivity contribution is 5.70. The van der Waals surface area contributed by atoms with Crippen molar-refractivity contribution in [2.24, 2.45) is 0 Å². The Balaban J connectivity index is 3.61. The molecule has 426 valence electrons. The van der Waals surface area contributed by atoms with E-state index in [-0.39, 0.29) is 25.2 Å². The molecule has 0 bridgehead atoms. The summed E-state index contributed by atoms with van der Waals surface area (Å²) in [7, 11) is 0. The van der Waals surface area contributed by atoms with Crippen molar-refractivity contribution in [3.05, 3.63) is 170 Å². The van der Waals surface area contributed by atoms with Gasteiger partial charge in [0.2, 0.25) is 0 Å². The van der Waals surface area contributed by atoms with Crippen molar-refractivity contribution >= 4 is 11.9 Å². The van der Waals surface area contributed by atoms with Crippen molar-refractivity contribution < 1.29 is 24.2 Å². The lowest BCUT2D eigenvalue weighted by molar-refractivity contribution is -0.161. The largest absolute Gasteiger partial charge is 0.462 e. The fourth-order valence-electron chi connectivity index (χ4n) is 7.99. The molecule has 0 radical (unpaired) electrons. The molecule has 0 saturated heterocycles. The predicted molar refractivity (Wildman–Crippen MR) is 333 cm³/mol. The molecule has 76 heavy (non-hydrogen) atoms. The highest BCUT2D eigenvalue weighted by Gasteiger charge is 2.16. The molecule has 0 aromatic heterocycles.